The van der Waals surface area contributed by atoms with Crippen molar-refractivity contribution in [2.75, 3.05) is 7.11 Å². The fourth-order valence-corrected chi connectivity index (χ4v) is 2.26. The number of halogens is 1. The lowest BCUT2D eigenvalue weighted by molar-refractivity contribution is -0.142. The molecule has 1 unspecified atom stereocenters. The molecular formula is C12H11ClO3. The van der Waals surface area contributed by atoms with Gasteiger partial charge < -0.3 is 4.74 Å². The van der Waals surface area contributed by atoms with E-state index in [9.17, 15) is 9.59 Å². The summed E-state index contributed by atoms with van der Waals surface area (Å²) in [6.07, 6.45) is 0.204. The van der Waals surface area contributed by atoms with Crippen LogP contribution in [0.2, 0.25) is 0 Å². The van der Waals surface area contributed by atoms with Gasteiger partial charge in [-0.25, -0.2) is 4.79 Å². The minimum Gasteiger partial charge on any atom is -0.467 e. The van der Waals surface area contributed by atoms with E-state index in [0.29, 0.717) is 5.56 Å². The van der Waals surface area contributed by atoms with Crippen LogP contribution in [-0.4, -0.2) is 23.7 Å². The van der Waals surface area contributed by atoms with Crippen LogP contribution in [0.25, 0.3) is 0 Å². The molecule has 84 valence electrons. The molecule has 1 aliphatic carbocycles. The summed E-state index contributed by atoms with van der Waals surface area (Å²) in [6.45, 7) is 1.89. The Balaban J connectivity index is 2.49. The van der Waals surface area contributed by atoms with E-state index in [1.54, 1.807) is 6.07 Å². The minimum atomic E-state index is -1.56. The van der Waals surface area contributed by atoms with Gasteiger partial charge in [0.1, 0.15) is 0 Å². The zero-order valence-electron chi connectivity index (χ0n) is 9.04. The van der Waals surface area contributed by atoms with Crippen molar-refractivity contribution in [3.8, 4) is 0 Å². The largest absolute Gasteiger partial charge is 0.467 e. The van der Waals surface area contributed by atoms with Crippen molar-refractivity contribution in [3.05, 3.63) is 34.9 Å². The fourth-order valence-electron chi connectivity index (χ4n) is 1.94. The monoisotopic (exact) mass is 238 g/mol. The number of rotatable bonds is 1. The van der Waals surface area contributed by atoms with E-state index in [1.807, 2.05) is 19.1 Å². The first-order valence-corrected chi connectivity index (χ1v) is 5.28. The maximum Gasteiger partial charge on any atom is 0.335 e. The van der Waals surface area contributed by atoms with Crippen LogP contribution in [0.1, 0.15) is 21.5 Å². The second kappa shape index (κ2) is 3.59. The molecule has 0 aromatic heterocycles. The first-order chi connectivity index (χ1) is 7.49. The molecule has 1 aromatic rings. The Morgan fingerprint density at radius 1 is 1.50 bits per heavy atom. The topological polar surface area (TPSA) is 43.4 Å². The van der Waals surface area contributed by atoms with Crippen molar-refractivity contribution in [2.24, 2.45) is 0 Å². The molecule has 0 N–H and O–H groups in total. The molecule has 2 rings (SSSR count). The van der Waals surface area contributed by atoms with E-state index in [0.717, 1.165) is 11.1 Å². The number of ether oxygens (including phenoxy) is 1. The number of Topliss-reactive ketones (excluding diaryl/α,β-unsaturated/α-hetero) is 1. The van der Waals surface area contributed by atoms with Crippen LogP contribution in [0.4, 0.5) is 0 Å². The Hall–Kier alpha value is -1.35. The van der Waals surface area contributed by atoms with Gasteiger partial charge in [-0.3, -0.25) is 4.79 Å². The molecule has 4 heteroatoms. The van der Waals surface area contributed by atoms with Crippen LogP contribution >= 0.6 is 11.6 Å². The van der Waals surface area contributed by atoms with Crippen LogP contribution in [0.3, 0.4) is 0 Å². The lowest BCUT2D eigenvalue weighted by Crippen LogP contribution is -2.39. The summed E-state index contributed by atoms with van der Waals surface area (Å²) >= 11 is 6.07. The summed E-state index contributed by atoms with van der Waals surface area (Å²) in [4.78, 5) is 22.0. The lowest BCUT2D eigenvalue weighted by atomic mass is 10.0. The third-order valence-corrected chi connectivity index (χ3v) is 3.27. The molecule has 0 bridgehead atoms. The predicted molar refractivity (Wildman–Crippen MR) is 59.8 cm³/mol. The zero-order valence-corrected chi connectivity index (χ0v) is 9.80. The summed E-state index contributed by atoms with van der Waals surface area (Å²) in [6, 6.07) is 5.48. The Bertz CT molecular complexity index is 481. The Morgan fingerprint density at radius 2 is 2.19 bits per heavy atom. The first kappa shape index (κ1) is 11.1. The molecule has 0 fully saturated rings. The highest BCUT2D eigenvalue weighted by atomic mass is 35.5. The molecule has 0 heterocycles. The average Bonchev–Trinajstić information content (AvgIpc) is 2.52. The van der Waals surface area contributed by atoms with Gasteiger partial charge in [-0.05, 0) is 18.6 Å². The van der Waals surface area contributed by atoms with Crippen LogP contribution in [0.15, 0.2) is 18.2 Å². The van der Waals surface area contributed by atoms with Gasteiger partial charge in [0.05, 0.1) is 7.11 Å². The van der Waals surface area contributed by atoms with Crippen molar-refractivity contribution in [1.82, 2.24) is 0 Å². The summed E-state index contributed by atoms with van der Waals surface area (Å²) in [5.41, 5.74) is 2.30. The fraction of sp³-hybridized carbons (Fsp3) is 0.333. The molecule has 1 atom stereocenters. The van der Waals surface area contributed by atoms with Gasteiger partial charge in [-0.15, -0.1) is 0 Å². The molecule has 0 saturated heterocycles. The number of aryl methyl sites for hydroxylation is 1. The van der Waals surface area contributed by atoms with Crippen molar-refractivity contribution in [1.29, 1.82) is 0 Å². The number of fused-ring (bicyclic) bond motifs is 1. The van der Waals surface area contributed by atoms with Gasteiger partial charge in [-0.2, -0.15) is 0 Å². The summed E-state index contributed by atoms with van der Waals surface area (Å²) in [5.74, 6) is -1.05. The predicted octanol–water partition coefficient (Wildman–Crippen LogP) is 1.88. The van der Waals surface area contributed by atoms with Gasteiger partial charge in [0.25, 0.3) is 0 Å². The normalized spacial score (nSPS) is 23.1. The SMILES string of the molecule is COC(=O)C1(Cl)Cc2ccc(C)cc2C1=O. The van der Waals surface area contributed by atoms with Crippen molar-refractivity contribution >= 4 is 23.4 Å². The van der Waals surface area contributed by atoms with Crippen LogP contribution in [-0.2, 0) is 16.0 Å². The van der Waals surface area contributed by atoms with E-state index < -0.39 is 10.8 Å². The van der Waals surface area contributed by atoms with E-state index in [-0.39, 0.29) is 12.2 Å². The molecule has 0 amide bonds. The number of ketones is 1. The average molecular weight is 239 g/mol. The van der Waals surface area contributed by atoms with Crippen LogP contribution in [0, 0.1) is 6.92 Å². The highest BCUT2D eigenvalue weighted by molar-refractivity contribution is 6.49. The number of esters is 1. The van der Waals surface area contributed by atoms with Gasteiger partial charge in [-0.1, -0.05) is 29.3 Å². The Morgan fingerprint density at radius 3 is 2.81 bits per heavy atom. The standard InChI is InChI=1S/C12H11ClO3/c1-7-3-4-8-6-12(13,11(15)16-2)10(14)9(8)5-7/h3-5H,6H2,1-2H3. The molecular weight excluding hydrogens is 228 g/mol. The van der Waals surface area contributed by atoms with Gasteiger partial charge in [0, 0.05) is 12.0 Å². The highest BCUT2D eigenvalue weighted by Crippen LogP contribution is 2.36. The molecule has 16 heavy (non-hydrogen) atoms. The Kier molecular flexibility index (Phi) is 2.50. The van der Waals surface area contributed by atoms with Gasteiger partial charge >= 0.3 is 5.97 Å². The zero-order chi connectivity index (χ0) is 11.9. The second-order valence-electron chi connectivity index (χ2n) is 3.96. The first-order valence-electron chi connectivity index (χ1n) is 4.90. The molecule has 0 aliphatic heterocycles. The minimum absolute atomic E-state index is 0.204. The Labute approximate surface area is 98.4 Å². The quantitative estimate of drug-likeness (QED) is 0.426. The summed E-state index contributed by atoms with van der Waals surface area (Å²) in [5, 5.41) is 0. The maximum atomic E-state index is 12.0. The number of methoxy groups -OCH3 is 1. The number of carbonyl (C=O) groups excluding carboxylic acids is 2. The number of carbonyl (C=O) groups is 2. The van der Waals surface area contributed by atoms with E-state index in [4.69, 9.17) is 11.6 Å². The van der Waals surface area contributed by atoms with E-state index in [1.165, 1.54) is 7.11 Å². The summed E-state index contributed by atoms with van der Waals surface area (Å²) < 4.78 is 4.58. The number of alkyl halides is 1. The van der Waals surface area contributed by atoms with Crippen molar-refractivity contribution in [3.63, 3.8) is 0 Å². The van der Waals surface area contributed by atoms with Crippen LogP contribution < -0.4 is 0 Å². The van der Waals surface area contributed by atoms with Crippen molar-refractivity contribution < 1.29 is 14.3 Å². The molecule has 1 aromatic carbocycles. The smallest absolute Gasteiger partial charge is 0.335 e. The second-order valence-corrected chi connectivity index (χ2v) is 4.60. The maximum absolute atomic E-state index is 12.0. The summed E-state index contributed by atoms with van der Waals surface area (Å²) in [7, 11) is 1.23. The number of hydrogen-bond acceptors (Lipinski definition) is 3. The lowest BCUT2D eigenvalue weighted by Gasteiger charge is -2.15. The molecule has 0 spiro atoms. The third-order valence-electron chi connectivity index (χ3n) is 2.81. The molecule has 0 saturated carbocycles. The van der Waals surface area contributed by atoms with Gasteiger partial charge in [0.2, 0.25) is 4.87 Å². The number of benzene rings is 1. The van der Waals surface area contributed by atoms with Crippen LogP contribution in [0.5, 0.6) is 0 Å². The van der Waals surface area contributed by atoms with E-state index >= 15 is 0 Å². The van der Waals surface area contributed by atoms with Gasteiger partial charge in [0.15, 0.2) is 5.78 Å². The molecule has 1 aliphatic rings. The third kappa shape index (κ3) is 1.43. The number of hydrogen-bond donors (Lipinski definition) is 0. The molecule has 3 nitrogen and oxygen atoms in total. The molecule has 0 radical (unpaired) electrons. The van der Waals surface area contributed by atoms with Crippen molar-refractivity contribution in [2.45, 2.75) is 18.2 Å². The highest BCUT2D eigenvalue weighted by Gasteiger charge is 2.51. The van der Waals surface area contributed by atoms with E-state index in [2.05, 4.69) is 4.74 Å².